The average molecular weight is 286 g/mol. The first-order chi connectivity index (χ1) is 10.2. The number of likely N-dealkylation sites (N-methyl/N-ethyl adjacent to an activating group) is 1. The van der Waals surface area contributed by atoms with Gasteiger partial charge in [-0.3, -0.25) is 4.98 Å². The highest BCUT2D eigenvalue weighted by molar-refractivity contribution is 5.54. The molecule has 0 aromatic carbocycles. The zero-order valence-electron chi connectivity index (χ0n) is 12.6. The third-order valence-electron chi connectivity index (χ3n) is 3.14. The molecule has 0 bridgehead atoms. The number of rotatable bonds is 7. The molecule has 0 radical (unpaired) electrons. The monoisotopic (exact) mass is 286 g/mol. The van der Waals surface area contributed by atoms with Crippen molar-refractivity contribution in [2.75, 3.05) is 30.8 Å². The summed E-state index contributed by atoms with van der Waals surface area (Å²) in [5.41, 5.74) is 7.53. The second-order valence-corrected chi connectivity index (χ2v) is 4.90. The summed E-state index contributed by atoms with van der Waals surface area (Å²) in [5, 5.41) is 0. The van der Waals surface area contributed by atoms with E-state index in [0.29, 0.717) is 18.2 Å². The van der Waals surface area contributed by atoms with Crippen LogP contribution in [0.2, 0.25) is 0 Å². The second-order valence-electron chi connectivity index (χ2n) is 4.90. The van der Waals surface area contributed by atoms with Crippen molar-refractivity contribution in [3.8, 4) is 5.88 Å². The van der Waals surface area contributed by atoms with Crippen LogP contribution in [-0.2, 0) is 6.42 Å². The van der Waals surface area contributed by atoms with Crippen LogP contribution in [0.5, 0.6) is 5.88 Å². The van der Waals surface area contributed by atoms with Crippen molar-refractivity contribution in [2.45, 2.75) is 19.8 Å². The minimum Gasteiger partial charge on any atom is -0.476 e. The number of nitrogens with zero attached hydrogens (tertiary/aromatic N) is 3. The van der Waals surface area contributed by atoms with Crippen molar-refractivity contribution in [1.82, 2.24) is 9.97 Å². The van der Waals surface area contributed by atoms with Crippen LogP contribution in [-0.4, -0.2) is 30.2 Å². The second kappa shape index (κ2) is 7.47. The molecule has 5 nitrogen and oxygen atoms in total. The molecule has 2 aromatic rings. The maximum Gasteiger partial charge on any atom is 0.239 e. The summed E-state index contributed by atoms with van der Waals surface area (Å²) >= 11 is 0. The Morgan fingerprint density at radius 3 is 2.81 bits per heavy atom. The molecule has 0 amide bonds. The van der Waals surface area contributed by atoms with E-state index in [2.05, 4.69) is 21.8 Å². The van der Waals surface area contributed by atoms with Crippen LogP contribution in [0.15, 0.2) is 36.5 Å². The molecule has 0 aliphatic carbocycles. The standard InChI is InChI=1S/C16H22N4O/c1-3-12-21-16-14(17)7-8-15(19-16)20(2)11-9-13-6-4-5-10-18-13/h4-8,10H,3,9,11-12,17H2,1-2H3. The minimum atomic E-state index is 0.513. The molecule has 2 heterocycles. The van der Waals surface area contributed by atoms with Crippen LogP contribution in [0, 0.1) is 0 Å². The number of hydrogen-bond acceptors (Lipinski definition) is 5. The molecule has 2 rings (SSSR count). The first kappa shape index (κ1) is 15.1. The van der Waals surface area contributed by atoms with E-state index in [9.17, 15) is 0 Å². The van der Waals surface area contributed by atoms with Crippen LogP contribution in [0.4, 0.5) is 11.5 Å². The third kappa shape index (κ3) is 4.34. The van der Waals surface area contributed by atoms with Crippen LogP contribution in [0.25, 0.3) is 0 Å². The number of nitrogen functional groups attached to an aromatic ring is 1. The molecule has 0 unspecified atom stereocenters. The Balaban J connectivity index is 2.00. The molecule has 0 fully saturated rings. The normalized spacial score (nSPS) is 10.4. The molecule has 0 saturated heterocycles. The van der Waals surface area contributed by atoms with Crippen LogP contribution >= 0.6 is 0 Å². The van der Waals surface area contributed by atoms with Gasteiger partial charge in [0.05, 0.1) is 12.3 Å². The Kier molecular flexibility index (Phi) is 5.37. The van der Waals surface area contributed by atoms with Crippen molar-refractivity contribution < 1.29 is 4.74 Å². The van der Waals surface area contributed by atoms with Crippen molar-refractivity contribution in [1.29, 1.82) is 0 Å². The summed E-state index contributed by atoms with van der Waals surface area (Å²) in [6, 6.07) is 9.70. The minimum absolute atomic E-state index is 0.513. The summed E-state index contributed by atoms with van der Waals surface area (Å²) in [4.78, 5) is 10.9. The van der Waals surface area contributed by atoms with E-state index in [1.54, 1.807) is 0 Å². The molecular formula is C16H22N4O. The van der Waals surface area contributed by atoms with E-state index in [4.69, 9.17) is 10.5 Å². The van der Waals surface area contributed by atoms with Gasteiger partial charge in [-0.15, -0.1) is 0 Å². The quantitative estimate of drug-likeness (QED) is 0.847. The van der Waals surface area contributed by atoms with Crippen LogP contribution < -0.4 is 15.4 Å². The molecular weight excluding hydrogens is 264 g/mol. The summed E-state index contributed by atoms with van der Waals surface area (Å²) < 4.78 is 5.56. The SMILES string of the molecule is CCCOc1nc(N(C)CCc2ccccn2)ccc1N. The number of aromatic nitrogens is 2. The number of ether oxygens (including phenoxy) is 1. The van der Waals surface area contributed by atoms with Crippen molar-refractivity contribution >= 4 is 11.5 Å². The van der Waals surface area contributed by atoms with Gasteiger partial charge in [-0.1, -0.05) is 13.0 Å². The fourth-order valence-electron chi connectivity index (χ4n) is 1.91. The molecule has 2 N–H and O–H groups in total. The van der Waals surface area contributed by atoms with Crippen molar-refractivity contribution in [2.24, 2.45) is 0 Å². The van der Waals surface area contributed by atoms with Gasteiger partial charge in [-0.25, -0.2) is 0 Å². The van der Waals surface area contributed by atoms with Crippen molar-refractivity contribution in [3.05, 3.63) is 42.2 Å². The van der Waals surface area contributed by atoms with Gasteiger partial charge in [-0.2, -0.15) is 4.98 Å². The first-order valence-corrected chi connectivity index (χ1v) is 7.21. The molecule has 0 aliphatic heterocycles. The number of pyridine rings is 2. The molecule has 21 heavy (non-hydrogen) atoms. The lowest BCUT2D eigenvalue weighted by molar-refractivity contribution is 0.307. The number of nitrogens with two attached hydrogens (primary N) is 1. The van der Waals surface area contributed by atoms with E-state index in [1.807, 2.05) is 43.6 Å². The van der Waals surface area contributed by atoms with Gasteiger partial charge in [0.2, 0.25) is 5.88 Å². The lowest BCUT2D eigenvalue weighted by atomic mass is 10.2. The van der Waals surface area contributed by atoms with Gasteiger partial charge in [0, 0.05) is 31.9 Å². The van der Waals surface area contributed by atoms with Gasteiger partial charge in [-0.05, 0) is 30.7 Å². The Morgan fingerprint density at radius 2 is 2.10 bits per heavy atom. The van der Waals surface area contributed by atoms with Gasteiger partial charge in [0.1, 0.15) is 5.82 Å². The largest absolute Gasteiger partial charge is 0.476 e. The Hall–Kier alpha value is -2.30. The third-order valence-corrected chi connectivity index (χ3v) is 3.14. The van der Waals surface area contributed by atoms with E-state index in [1.165, 1.54) is 0 Å². The fraction of sp³-hybridized carbons (Fsp3) is 0.375. The lowest BCUT2D eigenvalue weighted by Gasteiger charge is -2.19. The van der Waals surface area contributed by atoms with E-state index in [-0.39, 0.29) is 0 Å². The van der Waals surface area contributed by atoms with E-state index in [0.717, 1.165) is 30.9 Å². The predicted molar refractivity (Wildman–Crippen MR) is 85.6 cm³/mol. The number of hydrogen-bond donors (Lipinski definition) is 1. The first-order valence-electron chi connectivity index (χ1n) is 7.21. The van der Waals surface area contributed by atoms with Crippen LogP contribution in [0.3, 0.4) is 0 Å². The van der Waals surface area contributed by atoms with Crippen LogP contribution in [0.1, 0.15) is 19.0 Å². The number of anilines is 2. The topological polar surface area (TPSA) is 64.3 Å². The zero-order valence-corrected chi connectivity index (χ0v) is 12.6. The predicted octanol–water partition coefficient (Wildman–Crippen LogP) is 2.53. The van der Waals surface area contributed by atoms with Gasteiger partial charge < -0.3 is 15.4 Å². The summed E-state index contributed by atoms with van der Waals surface area (Å²) in [5.74, 6) is 1.37. The van der Waals surface area contributed by atoms with Crippen molar-refractivity contribution in [3.63, 3.8) is 0 Å². The summed E-state index contributed by atoms with van der Waals surface area (Å²) in [7, 11) is 2.01. The van der Waals surface area contributed by atoms with E-state index < -0.39 is 0 Å². The lowest BCUT2D eigenvalue weighted by Crippen LogP contribution is -2.22. The Bertz CT molecular complexity index is 559. The molecule has 0 atom stereocenters. The van der Waals surface area contributed by atoms with E-state index >= 15 is 0 Å². The van der Waals surface area contributed by atoms with Gasteiger partial charge in [0.25, 0.3) is 0 Å². The maximum absolute atomic E-state index is 5.88. The fourth-order valence-corrected chi connectivity index (χ4v) is 1.91. The zero-order chi connectivity index (χ0) is 15.1. The summed E-state index contributed by atoms with van der Waals surface area (Å²) in [6.07, 6.45) is 3.61. The highest BCUT2D eigenvalue weighted by atomic mass is 16.5. The highest BCUT2D eigenvalue weighted by Gasteiger charge is 2.08. The smallest absolute Gasteiger partial charge is 0.239 e. The molecule has 0 spiro atoms. The maximum atomic E-state index is 5.88. The summed E-state index contributed by atoms with van der Waals surface area (Å²) in [6.45, 7) is 3.51. The molecule has 112 valence electrons. The Labute approximate surface area is 125 Å². The average Bonchev–Trinajstić information content (AvgIpc) is 2.53. The van der Waals surface area contributed by atoms with Gasteiger partial charge >= 0.3 is 0 Å². The molecule has 0 aliphatic rings. The van der Waals surface area contributed by atoms with Gasteiger partial charge in [0.15, 0.2) is 0 Å². The molecule has 0 saturated carbocycles. The Morgan fingerprint density at radius 1 is 1.24 bits per heavy atom. The molecule has 2 aromatic heterocycles. The highest BCUT2D eigenvalue weighted by Crippen LogP contribution is 2.22. The molecule has 5 heteroatoms.